The molecule has 0 spiro atoms. The molecule has 5 nitrogen and oxygen atoms in total. The Morgan fingerprint density at radius 2 is 1.90 bits per heavy atom. The molecule has 0 unspecified atom stereocenters. The van der Waals surface area contributed by atoms with Gasteiger partial charge in [-0.15, -0.1) is 0 Å². The monoisotopic (exact) mass is 317 g/mol. The highest BCUT2D eigenvalue weighted by Gasteiger charge is 2.33. The molecule has 0 saturated carbocycles. The molecule has 0 aliphatic carbocycles. The highest BCUT2D eigenvalue weighted by Crippen LogP contribution is 2.26. The predicted octanol–water partition coefficient (Wildman–Crippen LogP) is 1.42. The minimum Gasteiger partial charge on any atom is -0.392 e. The topological polar surface area (TPSA) is 66.8 Å². The Hall–Kier alpha value is -1.02. The maximum absolute atomic E-state index is 13.9. The van der Waals surface area contributed by atoms with E-state index in [9.17, 15) is 12.8 Å². The molecule has 2 atom stereocenters. The van der Waals surface area contributed by atoms with E-state index in [1.807, 2.05) is 0 Å². The number of rotatable bonds is 3. The molecule has 1 fully saturated rings. The van der Waals surface area contributed by atoms with Gasteiger partial charge in [-0.1, -0.05) is 0 Å². The first kappa shape index (κ1) is 16.4. The first-order valence-corrected chi connectivity index (χ1v) is 8.25. The van der Waals surface area contributed by atoms with Crippen LogP contribution in [0.15, 0.2) is 17.0 Å². The van der Waals surface area contributed by atoms with Crippen molar-refractivity contribution in [1.29, 1.82) is 0 Å². The van der Waals surface area contributed by atoms with Crippen molar-refractivity contribution in [3.05, 3.63) is 29.1 Å². The van der Waals surface area contributed by atoms with Crippen LogP contribution in [0.3, 0.4) is 0 Å². The van der Waals surface area contributed by atoms with Crippen molar-refractivity contribution in [2.24, 2.45) is 0 Å². The van der Waals surface area contributed by atoms with Crippen LogP contribution >= 0.6 is 0 Å². The van der Waals surface area contributed by atoms with Crippen LogP contribution in [0, 0.1) is 12.7 Å². The molecular formula is C14H20FNO4S. The van der Waals surface area contributed by atoms with Gasteiger partial charge in [0.2, 0.25) is 10.0 Å². The lowest BCUT2D eigenvalue weighted by Gasteiger charge is -2.34. The third kappa shape index (κ3) is 3.26. The van der Waals surface area contributed by atoms with Gasteiger partial charge < -0.3 is 9.84 Å². The molecule has 1 aromatic carbocycles. The average molecular weight is 317 g/mol. The number of hydrogen-bond donors (Lipinski definition) is 1. The van der Waals surface area contributed by atoms with Crippen molar-refractivity contribution in [2.45, 2.75) is 44.5 Å². The van der Waals surface area contributed by atoms with Crippen LogP contribution in [-0.4, -0.2) is 43.1 Å². The summed E-state index contributed by atoms with van der Waals surface area (Å²) in [6, 6.07) is 2.48. The molecule has 21 heavy (non-hydrogen) atoms. The minimum atomic E-state index is -3.81. The second-order valence-electron chi connectivity index (χ2n) is 5.44. The van der Waals surface area contributed by atoms with Crippen LogP contribution in [0.1, 0.15) is 25.0 Å². The Morgan fingerprint density at radius 3 is 2.43 bits per heavy atom. The molecule has 1 aliphatic rings. The summed E-state index contributed by atoms with van der Waals surface area (Å²) in [7, 11) is -3.81. The van der Waals surface area contributed by atoms with Gasteiger partial charge in [0, 0.05) is 18.7 Å². The molecular weight excluding hydrogens is 297 g/mol. The molecule has 118 valence electrons. The summed E-state index contributed by atoms with van der Waals surface area (Å²) in [5.41, 5.74) is 0.310. The van der Waals surface area contributed by atoms with Gasteiger partial charge in [0.15, 0.2) is 0 Å². The summed E-state index contributed by atoms with van der Waals surface area (Å²) in [5.74, 6) is -0.630. The van der Waals surface area contributed by atoms with Gasteiger partial charge in [-0.3, -0.25) is 0 Å². The van der Waals surface area contributed by atoms with Crippen molar-refractivity contribution in [3.63, 3.8) is 0 Å². The number of nitrogens with zero attached hydrogens (tertiary/aromatic N) is 1. The van der Waals surface area contributed by atoms with Gasteiger partial charge in [-0.25, -0.2) is 12.8 Å². The summed E-state index contributed by atoms with van der Waals surface area (Å²) in [6.07, 6.45) is -0.426. The maximum atomic E-state index is 13.9. The lowest BCUT2D eigenvalue weighted by Crippen LogP contribution is -2.48. The van der Waals surface area contributed by atoms with Crippen LogP contribution in [0.4, 0.5) is 4.39 Å². The zero-order chi connectivity index (χ0) is 15.8. The second-order valence-corrected chi connectivity index (χ2v) is 7.34. The van der Waals surface area contributed by atoms with E-state index in [0.29, 0.717) is 0 Å². The number of morpholine rings is 1. The molecule has 1 aliphatic heterocycles. The third-order valence-corrected chi connectivity index (χ3v) is 5.50. The molecule has 0 bridgehead atoms. The standard InChI is InChI=1S/C14H20FNO4S/c1-9-6-16(7-10(2)20-9)21(18,19)14-5-12(8-17)4-13(15)11(14)3/h4-5,9-10,17H,6-8H2,1-3H3/t9-,10+. The molecule has 0 amide bonds. The lowest BCUT2D eigenvalue weighted by molar-refractivity contribution is -0.0441. The summed E-state index contributed by atoms with van der Waals surface area (Å²) in [6.45, 7) is 5.09. The van der Waals surface area contributed by atoms with Crippen molar-refractivity contribution < 1.29 is 22.7 Å². The minimum absolute atomic E-state index is 0.0685. The first-order chi connectivity index (χ1) is 9.75. The zero-order valence-corrected chi connectivity index (χ0v) is 13.2. The van der Waals surface area contributed by atoms with Crippen LogP contribution in [-0.2, 0) is 21.4 Å². The summed E-state index contributed by atoms with van der Waals surface area (Å²) in [4.78, 5) is -0.0900. The molecule has 1 N–H and O–H groups in total. The van der Waals surface area contributed by atoms with Gasteiger partial charge in [-0.2, -0.15) is 4.31 Å². The number of sulfonamides is 1. The van der Waals surface area contributed by atoms with E-state index in [4.69, 9.17) is 9.84 Å². The Bertz CT molecular complexity index is 622. The fraction of sp³-hybridized carbons (Fsp3) is 0.571. The first-order valence-electron chi connectivity index (χ1n) is 6.81. The van der Waals surface area contributed by atoms with Gasteiger partial charge in [0.25, 0.3) is 0 Å². The predicted molar refractivity (Wildman–Crippen MR) is 75.8 cm³/mol. The van der Waals surface area contributed by atoms with E-state index in [0.717, 1.165) is 6.07 Å². The quantitative estimate of drug-likeness (QED) is 0.916. The van der Waals surface area contributed by atoms with E-state index < -0.39 is 22.4 Å². The van der Waals surface area contributed by atoms with Crippen molar-refractivity contribution in [3.8, 4) is 0 Å². The van der Waals surface area contributed by atoms with Gasteiger partial charge in [-0.05, 0) is 38.5 Å². The highest BCUT2D eigenvalue weighted by molar-refractivity contribution is 7.89. The van der Waals surface area contributed by atoms with Crippen LogP contribution in [0.25, 0.3) is 0 Å². The average Bonchev–Trinajstić information content (AvgIpc) is 2.40. The molecule has 2 rings (SSSR count). The van der Waals surface area contributed by atoms with Gasteiger partial charge >= 0.3 is 0 Å². The lowest BCUT2D eigenvalue weighted by atomic mass is 10.1. The molecule has 1 saturated heterocycles. The summed E-state index contributed by atoms with van der Waals surface area (Å²) < 4.78 is 46.2. The number of aliphatic hydroxyl groups excluding tert-OH is 1. The number of hydrogen-bond acceptors (Lipinski definition) is 4. The molecule has 1 aromatic rings. The van der Waals surface area contributed by atoms with Gasteiger partial charge in [0.1, 0.15) is 5.82 Å². The largest absolute Gasteiger partial charge is 0.392 e. The number of halogens is 1. The molecule has 7 heteroatoms. The third-order valence-electron chi connectivity index (χ3n) is 3.54. The van der Waals surface area contributed by atoms with Crippen molar-refractivity contribution in [1.82, 2.24) is 4.31 Å². The van der Waals surface area contributed by atoms with E-state index in [-0.39, 0.29) is 41.3 Å². The molecule has 0 aromatic heterocycles. The Labute approximate surface area is 124 Å². The second kappa shape index (κ2) is 6.00. The van der Waals surface area contributed by atoms with Crippen molar-refractivity contribution in [2.75, 3.05) is 13.1 Å². The summed E-state index contributed by atoms with van der Waals surface area (Å²) >= 11 is 0. The highest BCUT2D eigenvalue weighted by atomic mass is 32.2. The van der Waals surface area contributed by atoms with Crippen LogP contribution < -0.4 is 0 Å². The molecule has 1 heterocycles. The number of ether oxygens (including phenoxy) is 1. The number of aliphatic hydroxyl groups is 1. The van der Waals surface area contributed by atoms with E-state index in [1.165, 1.54) is 17.3 Å². The maximum Gasteiger partial charge on any atom is 0.243 e. The van der Waals surface area contributed by atoms with E-state index in [1.54, 1.807) is 13.8 Å². The molecule has 0 radical (unpaired) electrons. The smallest absolute Gasteiger partial charge is 0.243 e. The summed E-state index contributed by atoms with van der Waals surface area (Å²) in [5, 5.41) is 9.14. The van der Waals surface area contributed by atoms with Crippen molar-refractivity contribution >= 4 is 10.0 Å². The Kier molecular flexibility index (Phi) is 4.67. The van der Waals surface area contributed by atoms with E-state index in [2.05, 4.69) is 0 Å². The normalized spacial score (nSPS) is 24.2. The SMILES string of the molecule is Cc1c(F)cc(CO)cc1S(=O)(=O)N1C[C@@H](C)O[C@@H](C)C1. The number of benzene rings is 1. The van der Waals surface area contributed by atoms with Crippen LogP contribution in [0.2, 0.25) is 0 Å². The fourth-order valence-electron chi connectivity index (χ4n) is 2.53. The fourth-order valence-corrected chi connectivity index (χ4v) is 4.41. The van der Waals surface area contributed by atoms with E-state index >= 15 is 0 Å². The van der Waals surface area contributed by atoms with Gasteiger partial charge in [0.05, 0.1) is 23.7 Å². The Morgan fingerprint density at radius 1 is 1.33 bits per heavy atom. The van der Waals surface area contributed by atoms with Crippen LogP contribution in [0.5, 0.6) is 0 Å². The zero-order valence-electron chi connectivity index (χ0n) is 12.3. The Balaban J connectivity index is 2.46.